The van der Waals surface area contributed by atoms with Gasteiger partial charge in [-0.1, -0.05) is 19.9 Å². The van der Waals surface area contributed by atoms with Crippen molar-refractivity contribution in [2.45, 2.75) is 26.4 Å². The molecule has 1 atom stereocenters. The molecule has 114 valence electrons. The molecule has 0 radical (unpaired) electrons. The number of anilines is 1. The van der Waals surface area contributed by atoms with Crippen molar-refractivity contribution in [2.75, 3.05) is 11.6 Å². The number of rotatable bonds is 2. The number of benzene rings is 1. The first-order valence-electron chi connectivity index (χ1n) is 6.64. The van der Waals surface area contributed by atoms with Gasteiger partial charge < -0.3 is 5.32 Å². The van der Waals surface area contributed by atoms with Gasteiger partial charge in [-0.2, -0.15) is 18.3 Å². The largest absolute Gasteiger partial charge is 0.416 e. The first-order chi connectivity index (χ1) is 9.81. The second kappa shape index (κ2) is 5.75. The van der Waals surface area contributed by atoms with E-state index >= 15 is 0 Å². The van der Waals surface area contributed by atoms with E-state index in [0.29, 0.717) is 24.5 Å². The van der Waals surface area contributed by atoms with Crippen molar-refractivity contribution in [3.8, 4) is 0 Å². The molecule has 0 aliphatic carbocycles. The van der Waals surface area contributed by atoms with Crippen LogP contribution in [-0.2, 0) is 11.0 Å². The van der Waals surface area contributed by atoms with Crippen LogP contribution in [0.5, 0.6) is 0 Å². The lowest BCUT2D eigenvalue weighted by molar-refractivity contribution is -0.137. The zero-order valence-corrected chi connectivity index (χ0v) is 11.7. The summed E-state index contributed by atoms with van der Waals surface area (Å²) in [7, 11) is 0. The SMILES string of the molecule is CCC(=O)NC1=NN(c2cccc(C(F)(F)F)c2)CC1C. The molecule has 4 nitrogen and oxygen atoms in total. The molecule has 0 bridgehead atoms. The number of amidine groups is 1. The molecule has 1 unspecified atom stereocenters. The Bertz CT molecular complexity index is 569. The van der Waals surface area contributed by atoms with Crippen molar-refractivity contribution < 1.29 is 18.0 Å². The van der Waals surface area contributed by atoms with Crippen LogP contribution in [0.25, 0.3) is 0 Å². The van der Waals surface area contributed by atoms with Gasteiger partial charge in [-0.05, 0) is 18.2 Å². The molecule has 2 rings (SSSR count). The molecule has 0 aromatic heterocycles. The maximum Gasteiger partial charge on any atom is 0.416 e. The Labute approximate surface area is 120 Å². The van der Waals surface area contributed by atoms with E-state index in [1.54, 1.807) is 13.0 Å². The molecular formula is C14H16F3N3O. The summed E-state index contributed by atoms with van der Waals surface area (Å²) in [6, 6.07) is 4.99. The molecule has 1 N–H and O–H groups in total. The minimum absolute atomic E-state index is 0.0463. The van der Waals surface area contributed by atoms with Gasteiger partial charge in [0.25, 0.3) is 0 Å². The molecule has 1 heterocycles. The number of nitrogens with one attached hydrogen (secondary N) is 1. The van der Waals surface area contributed by atoms with Crippen LogP contribution in [-0.4, -0.2) is 18.3 Å². The van der Waals surface area contributed by atoms with Crippen LogP contribution in [0.1, 0.15) is 25.8 Å². The third-order valence-electron chi connectivity index (χ3n) is 3.20. The molecule has 1 aromatic carbocycles. The maximum atomic E-state index is 12.7. The minimum atomic E-state index is -4.38. The monoisotopic (exact) mass is 299 g/mol. The lowest BCUT2D eigenvalue weighted by Crippen LogP contribution is -2.32. The number of carbonyl (C=O) groups excluding carboxylic acids is 1. The molecule has 0 spiro atoms. The fourth-order valence-corrected chi connectivity index (χ4v) is 2.00. The Hall–Kier alpha value is -2.05. The van der Waals surface area contributed by atoms with Gasteiger partial charge in [0.05, 0.1) is 17.8 Å². The summed E-state index contributed by atoms with van der Waals surface area (Å²) in [5, 5.41) is 8.35. The van der Waals surface area contributed by atoms with Crippen molar-refractivity contribution in [3.63, 3.8) is 0 Å². The summed E-state index contributed by atoms with van der Waals surface area (Å²) in [4.78, 5) is 11.4. The fraction of sp³-hybridized carbons (Fsp3) is 0.429. The molecule has 0 fully saturated rings. The molecule has 7 heteroatoms. The summed E-state index contributed by atoms with van der Waals surface area (Å²) in [6.07, 6.45) is -4.06. The summed E-state index contributed by atoms with van der Waals surface area (Å²) in [5.41, 5.74) is -0.355. The van der Waals surface area contributed by atoms with E-state index in [-0.39, 0.29) is 11.8 Å². The Morgan fingerprint density at radius 2 is 2.19 bits per heavy atom. The van der Waals surface area contributed by atoms with Crippen molar-refractivity contribution in [1.29, 1.82) is 0 Å². The minimum Gasteiger partial charge on any atom is -0.312 e. The predicted octanol–water partition coefficient (Wildman–Crippen LogP) is 3.00. The lowest BCUT2D eigenvalue weighted by Gasteiger charge is -2.16. The van der Waals surface area contributed by atoms with Gasteiger partial charge in [0, 0.05) is 12.3 Å². The average molecular weight is 299 g/mol. The highest BCUT2D eigenvalue weighted by Crippen LogP contribution is 2.32. The topological polar surface area (TPSA) is 44.7 Å². The van der Waals surface area contributed by atoms with E-state index in [1.165, 1.54) is 11.1 Å². The second-order valence-corrected chi connectivity index (χ2v) is 4.92. The molecule has 1 aromatic rings. The molecule has 0 saturated heterocycles. The third kappa shape index (κ3) is 3.53. The highest BCUT2D eigenvalue weighted by molar-refractivity contribution is 6.00. The zero-order valence-electron chi connectivity index (χ0n) is 11.7. The molecule has 1 amide bonds. The van der Waals surface area contributed by atoms with Crippen LogP contribution in [0, 0.1) is 5.92 Å². The van der Waals surface area contributed by atoms with Gasteiger partial charge in [-0.25, -0.2) is 0 Å². The van der Waals surface area contributed by atoms with Crippen LogP contribution in [0.2, 0.25) is 0 Å². The zero-order chi connectivity index (χ0) is 15.6. The number of amides is 1. The smallest absolute Gasteiger partial charge is 0.312 e. The second-order valence-electron chi connectivity index (χ2n) is 4.92. The Morgan fingerprint density at radius 1 is 1.48 bits per heavy atom. The summed E-state index contributed by atoms with van der Waals surface area (Å²) in [6.45, 7) is 4.02. The Morgan fingerprint density at radius 3 is 2.81 bits per heavy atom. The third-order valence-corrected chi connectivity index (χ3v) is 3.20. The number of hydrogen-bond donors (Lipinski definition) is 1. The number of nitrogens with zero attached hydrogens (tertiary/aromatic N) is 2. The Balaban J connectivity index is 2.22. The van der Waals surface area contributed by atoms with Crippen molar-refractivity contribution in [3.05, 3.63) is 29.8 Å². The molecule has 1 aliphatic rings. The van der Waals surface area contributed by atoms with Crippen LogP contribution >= 0.6 is 0 Å². The summed E-state index contributed by atoms with van der Waals surface area (Å²) < 4.78 is 38.1. The van der Waals surface area contributed by atoms with E-state index < -0.39 is 11.7 Å². The fourth-order valence-electron chi connectivity index (χ4n) is 2.00. The highest BCUT2D eigenvalue weighted by Gasteiger charge is 2.32. The van der Waals surface area contributed by atoms with Gasteiger partial charge in [0.15, 0.2) is 0 Å². The first-order valence-corrected chi connectivity index (χ1v) is 6.64. The number of hydrogen-bond acceptors (Lipinski definition) is 3. The quantitative estimate of drug-likeness (QED) is 0.912. The summed E-state index contributed by atoms with van der Waals surface area (Å²) >= 11 is 0. The number of halogens is 3. The van der Waals surface area contributed by atoms with Crippen LogP contribution in [0.4, 0.5) is 18.9 Å². The van der Waals surface area contributed by atoms with E-state index in [1.807, 2.05) is 6.92 Å². The lowest BCUT2D eigenvalue weighted by atomic mass is 10.1. The molecule has 0 saturated carbocycles. The molecule has 21 heavy (non-hydrogen) atoms. The number of alkyl halides is 3. The summed E-state index contributed by atoms with van der Waals surface area (Å²) in [5.74, 6) is 0.279. The predicted molar refractivity (Wildman–Crippen MR) is 73.8 cm³/mol. The van der Waals surface area contributed by atoms with E-state index in [2.05, 4.69) is 10.4 Å². The van der Waals surface area contributed by atoms with E-state index in [4.69, 9.17) is 0 Å². The van der Waals surface area contributed by atoms with Crippen molar-refractivity contribution >= 4 is 17.4 Å². The van der Waals surface area contributed by atoms with E-state index in [9.17, 15) is 18.0 Å². The van der Waals surface area contributed by atoms with Gasteiger partial charge in [-0.3, -0.25) is 9.80 Å². The number of hydrazone groups is 1. The van der Waals surface area contributed by atoms with Gasteiger partial charge in [0.1, 0.15) is 5.84 Å². The van der Waals surface area contributed by atoms with Crippen LogP contribution in [0.15, 0.2) is 29.4 Å². The van der Waals surface area contributed by atoms with Crippen molar-refractivity contribution in [2.24, 2.45) is 11.0 Å². The average Bonchev–Trinajstić information content (AvgIpc) is 2.79. The molecular weight excluding hydrogens is 283 g/mol. The normalized spacial score (nSPS) is 18.6. The van der Waals surface area contributed by atoms with E-state index in [0.717, 1.165) is 12.1 Å². The maximum absolute atomic E-state index is 12.7. The van der Waals surface area contributed by atoms with Crippen LogP contribution in [0.3, 0.4) is 0 Å². The van der Waals surface area contributed by atoms with Crippen molar-refractivity contribution in [1.82, 2.24) is 5.32 Å². The Kier molecular flexibility index (Phi) is 4.20. The number of carbonyl (C=O) groups is 1. The molecule has 1 aliphatic heterocycles. The highest BCUT2D eigenvalue weighted by atomic mass is 19.4. The van der Waals surface area contributed by atoms with Crippen LogP contribution < -0.4 is 10.3 Å². The van der Waals surface area contributed by atoms with Gasteiger partial charge >= 0.3 is 6.18 Å². The standard InChI is InChI=1S/C14H16F3N3O/c1-3-12(21)18-13-9(2)8-20(19-13)11-6-4-5-10(7-11)14(15,16)17/h4-7,9H,3,8H2,1-2H3,(H,18,19,21). The van der Waals surface area contributed by atoms with Gasteiger partial charge in [0.2, 0.25) is 5.91 Å². The van der Waals surface area contributed by atoms with Gasteiger partial charge in [-0.15, -0.1) is 0 Å². The first kappa shape index (κ1) is 15.3.